The van der Waals surface area contributed by atoms with Gasteiger partial charge in [-0.05, 0) is 0 Å². The van der Waals surface area contributed by atoms with Gasteiger partial charge in [-0.1, -0.05) is 11.6 Å². The highest BCUT2D eigenvalue weighted by Crippen LogP contribution is 2.20. The maximum Gasteiger partial charge on any atom is 0.156 e. The van der Waals surface area contributed by atoms with Crippen molar-refractivity contribution in [3.8, 4) is 0 Å². The van der Waals surface area contributed by atoms with Gasteiger partial charge in [0.1, 0.15) is 27.1 Å². The molecule has 6 nitrogen and oxygen atoms in total. The van der Waals surface area contributed by atoms with Crippen molar-refractivity contribution in [2.45, 2.75) is 0 Å². The van der Waals surface area contributed by atoms with Gasteiger partial charge in [0.15, 0.2) is 6.29 Å². The molecule has 0 saturated heterocycles. The fourth-order valence-corrected chi connectivity index (χ4v) is 1.96. The first-order chi connectivity index (χ1) is 7.85. The summed E-state index contributed by atoms with van der Waals surface area (Å²) in [6.45, 7) is 0.229. The lowest BCUT2D eigenvalue weighted by Gasteiger charge is -2.18. The van der Waals surface area contributed by atoms with E-state index in [1.54, 1.807) is 11.9 Å². The molecule has 0 bridgehead atoms. The molecular weight excluding hydrogens is 266 g/mol. The van der Waals surface area contributed by atoms with Crippen molar-refractivity contribution in [2.75, 3.05) is 30.5 Å². The number of sulfone groups is 1. The highest BCUT2D eigenvalue weighted by molar-refractivity contribution is 7.90. The molecule has 0 fully saturated rings. The van der Waals surface area contributed by atoms with Crippen LogP contribution in [0.5, 0.6) is 0 Å². The summed E-state index contributed by atoms with van der Waals surface area (Å²) < 4.78 is 22.1. The second-order valence-corrected chi connectivity index (χ2v) is 6.19. The van der Waals surface area contributed by atoms with Crippen molar-refractivity contribution in [3.05, 3.63) is 17.0 Å². The molecule has 0 radical (unpaired) electrons. The predicted octanol–water partition coefficient (Wildman–Crippen LogP) is 0.423. The second-order valence-electron chi connectivity index (χ2n) is 3.57. The Kier molecular flexibility index (Phi) is 4.41. The van der Waals surface area contributed by atoms with Crippen molar-refractivity contribution >= 4 is 33.5 Å². The van der Waals surface area contributed by atoms with E-state index >= 15 is 0 Å². The number of aldehydes is 1. The largest absolute Gasteiger partial charge is 0.358 e. The van der Waals surface area contributed by atoms with Crippen LogP contribution in [-0.2, 0) is 9.84 Å². The second kappa shape index (κ2) is 5.42. The monoisotopic (exact) mass is 277 g/mol. The average molecular weight is 278 g/mol. The Hall–Kier alpha value is -1.21. The molecule has 0 aliphatic heterocycles. The molecule has 94 valence electrons. The Morgan fingerprint density at radius 3 is 2.65 bits per heavy atom. The lowest BCUT2D eigenvalue weighted by atomic mass is 10.3. The molecular formula is C9H12ClN3O3S. The van der Waals surface area contributed by atoms with E-state index < -0.39 is 9.84 Å². The number of rotatable bonds is 5. The van der Waals surface area contributed by atoms with E-state index in [1.165, 1.54) is 6.33 Å². The summed E-state index contributed by atoms with van der Waals surface area (Å²) in [7, 11) is -1.43. The number of carbonyl (C=O) groups excluding carboxylic acids is 1. The minimum absolute atomic E-state index is 0.0244. The van der Waals surface area contributed by atoms with Gasteiger partial charge in [-0.2, -0.15) is 0 Å². The van der Waals surface area contributed by atoms with E-state index in [-0.39, 0.29) is 23.0 Å². The fourth-order valence-electron chi connectivity index (χ4n) is 1.18. The molecule has 0 N–H and O–H groups in total. The van der Waals surface area contributed by atoms with Crippen molar-refractivity contribution in [3.63, 3.8) is 0 Å². The van der Waals surface area contributed by atoms with Gasteiger partial charge in [0.25, 0.3) is 0 Å². The molecule has 1 aromatic rings. The van der Waals surface area contributed by atoms with Crippen molar-refractivity contribution in [1.29, 1.82) is 0 Å². The summed E-state index contributed by atoms with van der Waals surface area (Å²) in [5, 5.41) is 0.0520. The Morgan fingerprint density at radius 2 is 2.12 bits per heavy atom. The molecule has 0 aliphatic carbocycles. The number of hydrogen-bond acceptors (Lipinski definition) is 6. The molecule has 0 aromatic carbocycles. The predicted molar refractivity (Wildman–Crippen MR) is 65.4 cm³/mol. The third-order valence-corrected chi connectivity index (χ3v) is 3.32. The van der Waals surface area contributed by atoms with E-state index in [0.717, 1.165) is 6.26 Å². The van der Waals surface area contributed by atoms with Crippen LogP contribution in [0.15, 0.2) is 6.33 Å². The highest BCUT2D eigenvalue weighted by Gasteiger charge is 2.14. The molecule has 0 aliphatic rings. The molecule has 0 unspecified atom stereocenters. The van der Waals surface area contributed by atoms with Gasteiger partial charge in [0.2, 0.25) is 0 Å². The van der Waals surface area contributed by atoms with Gasteiger partial charge in [0.05, 0.1) is 11.3 Å². The number of carbonyl (C=O) groups is 1. The van der Waals surface area contributed by atoms with E-state index in [0.29, 0.717) is 12.1 Å². The molecule has 8 heteroatoms. The Bertz CT molecular complexity index is 518. The lowest BCUT2D eigenvalue weighted by Crippen LogP contribution is -2.26. The SMILES string of the molecule is CN(CCS(C)(=O)=O)c1ncnc(Cl)c1C=O. The van der Waals surface area contributed by atoms with E-state index in [2.05, 4.69) is 9.97 Å². The Labute approximate surface area is 105 Å². The minimum atomic E-state index is -3.06. The lowest BCUT2D eigenvalue weighted by molar-refractivity contribution is 0.112. The number of halogens is 1. The summed E-state index contributed by atoms with van der Waals surface area (Å²) in [5.41, 5.74) is 0.158. The molecule has 0 atom stereocenters. The highest BCUT2D eigenvalue weighted by atomic mass is 35.5. The van der Waals surface area contributed by atoms with Crippen molar-refractivity contribution in [2.24, 2.45) is 0 Å². The van der Waals surface area contributed by atoms with Crippen LogP contribution in [0.3, 0.4) is 0 Å². The van der Waals surface area contributed by atoms with Crippen molar-refractivity contribution in [1.82, 2.24) is 9.97 Å². The normalized spacial score (nSPS) is 11.2. The Balaban J connectivity index is 2.93. The molecule has 17 heavy (non-hydrogen) atoms. The van der Waals surface area contributed by atoms with Crippen LogP contribution in [0.4, 0.5) is 5.82 Å². The third-order valence-electron chi connectivity index (χ3n) is 2.09. The zero-order chi connectivity index (χ0) is 13.1. The first kappa shape index (κ1) is 13.9. The zero-order valence-corrected chi connectivity index (χ0v) is 11.0. The molecule has 0 spiro atoms. The molecule has 1 heterocycles. The molecule has 0 amide bonds. The summed E-state index contributed by atoms with van der Waals surface area (Å²) >= 11 is 5.74. The maximum absolute atomic E-state index is 11.0. The van der Waals surface area contributed by atoms with Crippen molar-refractivity contribution < 1.29 is 13.2 Å². The van der Waals surface area contributed by atoms with Gasteiger partial charge < -0.3 is 4.90 Å². The maximum atomic E-state index is 11.0. The van der Waals surface area contributed by atoms with Gasteiger partial charge in [-0.3, -0.25) is 4.79 Å². The minimum Gasteiger partial charge on any atom is -0.358 e. The quantitative estimate of drug-likeness (QED) is 0.573. The third kappa shape index (κ3) is 3.94. The smallest absolute Gasteiger partial charge is 0.156 e. The number of aromatic nitrogens is 2. The van der Waals surface area contributed by atoms with E-state index in [4.69, 9.17) is 11.6 Å². The van der Waals surface area contributed by atoms with Crippen LogP contribution in [0, 0.1) is 0 Å². The zero-order valence-electron chi connectivity index (χ0n) is 9.42. The molecule has 1 rings (SSSR count). The number of nitrogens with zero attached hydrogens (tertiary/aromatic N) is 3. The number of hydrogen-bond donors (Lipinski definition) is 0. The van der Waals surface area contributed by atoms with Gasteiger partial charge in [-0.15, -0.1) is 0 Å². The van der Waals surface area contributed by atoms with Crippen LogP contribution in [-0.4, -0.2) is 50.3 Å². The van der Waals surface area contributed by atoms with Crippen LogP contribution in [0.2, 0.25) is 5.15 Å². The van der Waals surface area contributed by atoms with Crippen LogP contribution < -0.4 is 4.90 Å². The summed E-state index contributed by atoms with van der Waals surface area (Å²) in [4.78, 5) is 20.0. The van der Waals surface area contributed by atoms with Gasteiger partial charge in [-0.25, -0.2) is 18.4 Å². The topological polar surface area (TPSA) is 80.2 Å². The Morgan fingerprint density at radius 1 is 1.47 bits per heavy atom. The van der Waals surface area contributed by atoms with Crippen LogP contribution in [0.25, 0.3) is 0 Å². The fraction of sp³-hybridized carbons (Fsp3) is 0.444. The van der Waals surface area contributed by atoms with Gasteiger partial charge in [0, 0.05) is 19.8 Å². The molecule has 0 saturated carbocycles. The molecule has 1 aromatic heterocycles. The first-order valence-electron chi connectivity index (χ1n) is 4.69. The van der Waals surface area contributed by atoms with Gasteiger partial charge >= 0.3 is 0 Å². The van der Waals surface area contributed by atoms with Crippen LogP contribution >= 0.6 is 11.6 Å². The summed E-state index contributed by atoms with van der Waals surface area (Å²) in [6.07, 6.45) is 2.92. The van der Waals surface area contributed by atoms with Crippen LogP contribution in [0.1, 0.15) is 10.4 Å². The first-order valence-corrected chi connectivity index (χ1v) is 7.13. The number of anilines is 1. The van der Waals surface area contributed by atoms with E-state index in [1.807, 2.05) is 0 Å². The summed E-state index contributed by atoms with van der Waals surface area (Å²) in [5.74, 6) is 0.298. The van der Waals surface area contributed by atoms with E-state index in [9.17, 15) is 13.2 Å². The summed E-state index contributed by atoms with van der Waals surface area (Å²) in [6, 6.07) is 0. The standard InChI is InChI=1S/C9H12ClN3O3S/c1-13(3-4-17(2,15)16)9-7(5-14)8(10)11-6-12-9/h5-6H,3-4H2,1-2H3. The average Bonchev–Trinajstić information content (AvgIpc) is 2.24.